The van der Waals surface area contributed by atoms with Gasteiger partial charge in [-0.25, -0.2) is 9.79 Å². The Kier molecular flexibility index (Phi) is 7.50. The van der Waals surface area contributed by atoms with Gasteiger partial charge in [0.05, 0.1) is 42.7 Å². The molecule has 0 bridgehead atoms. The van der Waals surface area contributed by atoms with E-state index in [0.29, 0.717) is 32.1 Å². The Labute approximate surface area is 252 Å². The summed E-state index contributed by atoms with van der Waals surface area (Å²) in [6.07, 6.45) is 1.93. The number of para-hydroxylation sites is 1. The summed E-state index contributed by atoms with van der Waals surface area (Å²) in [6, 6.07) is 22.2. The maximum absolute atomic E-state index is 14.3. The van der Waals surface area contributed by atoms with Crippen molar-refractivity contribution in [3.63, 3.8) is 0 Å². The van der Waals surface area contributed by atoms with E-state index in [0.717, 1.165) is 27.7 Å². The van der Waals surface area contributed by atoms with Crippen molar-refractivity contribution in [1.29, 1.82) is 0 Å². The minimum absolute atomic E-state index is 0.174. The summed E-state index contributed by atoms with van der Waals surface area (Å²) in [5, 5.41) is 1.06. The highest BCUT2D eigenvalue weighted by atomic mass is 32.1. The first-order chi connectivity index (χ1) is 20.9. The summed E-state index contributed by atoms with van der Waals surface area (Å²) >= 11 is 1.30. The normalized spacial score (nSPS) is 14.9. The molecule has 0 fully saturated rings. The van der Waals surface area contributed by atoms with Crippen LogP contribution in [0.2, 0.25) is 0 Å². The molecule has 218 valence electrons. The molecule has 0 saturated heterocycles. The second kappa shape index (κ2) is 11.4. The average Bonchev–Trinajstić information content (AvgIpc) is 3.48. The van der Waals surface area contributed by atoms with Gasteiger partial charge in [-0.05, 0) is 43.7 Å². The Morgan fingerprint density at radius 3 is 2.44 bits per heavy atom. The number of carbonyl (C=O) groups is 1. The Bertz CT molecular complexity index is 2090. The van der Waals surface area contributed by atoms with Crippen LogP contribution in [-0.2, 0) is 16.6 Å². The van der Waals surface area contributed by atoms with Crippen LogP contribution in [0.1, 0.15) is 35.3 Å². The Morgan fingerprint density at radius 2 is 1.72 bits per heavy atom. The molecule has 2 aromatic heterocycles. The van der Waals surface area contributed by atoms with E-state index in [1.807, 2.05) is 68.6 Å². The number of nitrogens with zero attached hydrogens (tertiary/aromatic N) is 3. The van der Waals surface area contributed by atoms with Gasteiger partial charge in [0.25, 0.3) is 5.56 Å². The molecular formula is C34H31N3O5S. The molecule has 0 aliphatic carbocycles. The van der Waals surface area contributed by atoms with E-state index < -0.39 is 12.0 Å². The molecule has 3 heterocycles. The quantitative estimate of drug-likeness (QED) is 0.254. The van der Waals surface area contributed by atoms with Crippen LogP contribution in [-0.4, -0.2) is 35.9 Å². The number of carbonyl (C=O) groups excluding carboxylic acids is 1. The summed E-state index contributed by atoms with van der Waals surface area (Å²) in [4.78, 5) is 33.5. The van der Waals surface area contributed by atoms with Gasteiger partial charge in [0.1, 0.15) is 0 Å². The molecule has 1 atom stereocenters. The Balaban J connectivity index is 1.68. The maximum Gasteiger partial charge on any atom is 0.338 e. The van der Waals surface area contributed by atoms with Gasteiger partial charge >= 0.3 is 5.97 Å². The van der Waals surface area contributed by atoms with E-state index in [9.17, 15) is 9.59 Å². The fourth-order valence-electron chi connectivity index (χ4n) is 5.64. The fraction of sp³-hybridized carbons (Fsp3) is 0.206. The number of aryl methyl sites for hydroxylation is 1. The van der Waals surface area contributed by atoms with Crippen LogP contribution < -0.4 is 24.4 Å². The molecular weight excluding hydrogens is 562 g/mol. The zero-order valence-corrected chi connectivity index (χ0v) is 25.4. The van der Waals surface area contributed by atoms with Crippen molar-refractivity contribution in [2.45, 2.75) is 19.9 Å². The lowest BCUT2D eigenvalue weighted by atomic mass is 9.93. The van der Waals surface area contributed by atoms with Crippen molar-refractivity contribution < 1.29 is 19.0 Å². The second-order valence-electron chi connectivity index (χ2n) is 10.1. The van der Waals surface area contributed by atoms with Gasteiger partial charge in [-0.1, -0.05) is 65.9 Å². The minimum Gasteiger partial charge on any atom is -0.493 e. The number of methoxy groups -OCH3 is 2. The molecule has 9 heteroatoms. The van der Waals surface area contributed by atoms with Gasteiger partial charge in [-0.3, -0.25) is 9.36 Å². The molecule has 6 rings (SSSR count). The number of esters is 1. The molecule has 0 unspecified atom stereocenters. The summed E-state index contributed by atoms with van der Waals surface area (Å²) < 4.78 is 20.9. The van der Waals surface area contributed by atoms with Gasteiger partial charge in [0, 0.05) is 34.8 Å². The number of hydrogen-bond donors (Lipinski definition) is 0. The number of fused-ring (bicyclic) bond motifs is 2. The predicted molar refractivity (Wildman–Crippen MR) is 168 cm³/mol. The summed E-state index contributed by atoms with van der Waals surface area (Å²) in [6.45, 7) is 3.98. The monoisotopic (exact) mass is 593 g/mol. The van der Waals surface area contributed by atoms with Gasteiger partial charge in [-0.15, -0.1) is 0 Å². The molecule has 8 nitrogen and oxygen atoms in total. The van der Waals surface area contributed by atoms with Crippen LogP contribution in [0.5, 0.6) is 11.5 Å². The van der Waals surface area contributed by atoms with Crippen molar-refractivity contribution >= 4 is 40.0 Å². The number of benzene rings is 3. The summed E-state index contributed by atoms with van der Waals surface area (Å²) in [7, 11) is 5.13. The van der Waals surface area contributed by atoms with E-state index in [4.69, 9.17) is 19.2 Å². The smallest absolute Gasteiger partial charge is 0.338 e. The summed E-state index contributed by atoms with van der Waals surface area (Å²) in [5.41, 5.74) is 5.01. The largest absolute Gasteiger partial charge is 0.493 e. The third-order valence-electron chi connectivity index (χ3n) is 7.82. The van der Waals surface area contributed by atoms with Crippen LogP contribution in [0.15, 0.2) is 88.2 Å². The molecule has 43 heavy (non-hydrogen) atoms. The second-order valence-corrected chi connectivity index (χ2v) is 11.1. The third kappa shape index (κ3) is 4.75. The molecule has 0 N–H and O–H groups in total. The highest BCUT2D eigenvalue weighted by Crippen LogP contribution is 2.38. The fourth-order valence-corrected chi connectivity index (χ4v) is 6.62. The lowest BCUT2D eigenvalue weighted by Crippen LogP contribution is -2.40. The molecule has 0 radical (unpaired) electrons. The highest BCUT2D eigenvalue weighted by molar-refractivity contribution is 7.07. The van der Waals surface area contributed by atoms with Crippen molar-refractivity contribution in [1.82, 2.24) is 9.13 Å². The molecule has 0 saturated carbocycles. The van der Waals surface area contributed by atoms with Crippen molar-refractivity contribution in [2.24, 2.45) is 12.0 Å². The highest BCUT2D eigenvalue weighted by Gasteiger charge is 2.35. The van der Waals surface area contributed by atoms with Crippen molar-refractivity contribution in [3.8, 4) is 11.5 Å². The van der Waals surface area contributed by atoms with Gasteiger partial charge in [-0.2, -0.15) is 0 Å². The number of hydrogen-bond acceptors (Lipinski definition) is 7. The first-order valence-corrected chi connectivity index (χ1v) is 14.7. The van der Waals surface area contributed by atoms with Gasteiger partial charge in [0.2, 0.25) is 0 Å². The van der Waals surface area contributed by atoms with E-state index >= 15 is 0 Å². The van der Waals surface area contributed by atoms with Crippen LogP contribution in [0, 0.1) is 6.92 Å². The molecule has 5 aromatic rings. The van der Waals surface area contributed by atoms with Crippen LogP contribution in [0.3, 0.4) is 0 Å². The third-order valence-corrected chi connectivity index (χ3v) is 8.80. The number of ether oxygens (including phenoxy) is 3. The summed E-state index contributed by atoms with van der Waals surface area (Å²) in [5.74, 6) is 0.481. The molecule has 0 spiro atoms. The lowest BCUT2D eigenvalue weighted by molar-refractivity contribution is -0.138. The zero-order valence-electron chi connectivity index (χ0n) is 24.6. The average molecular weight is 594 g/mol. The minimum atomic E-state index is -0.818. The van der Waals surface area contributed by atoms with Crippen molar-refractivity contribution in [2.75, 3.05) is 20.8 Å². The molecule has 1 aliphatic heterocycles. The molecule has 0 amide bonds. The van der Waals surface area contributed by atoms with Crippen molar-refractivity contribution in [3.05, 3.63) is 120 Å². The number of aromatic nitrogens is 2. The topological polar surface area (TPSA) is 84.1 Å². The first-order valence-electron chi connectivity index (χ1n) is 13.9. The number of thiazole rings is 1. The SMILES string of the molecule is CCOC(=O)C1=C(c2ccccc2)N=c2s/c(=C/c3c(C)n(C)c4ccccc34)c(=O)n2[C@H]1c1ccc(OC)c(OC)c1. The molecule has 1 aliphatic rings. The first kappa shape index (κ1) is 28.2. The van der Waals surface area contributed by atoms with Gasteiger partial charge in [0.15, 0.2) is 16.3 Å². The van der Waals surface area contributed by atoms with Crippen LogP contribution in [0.25, 0.3) is 22.7 Å². The van der Waals surface area contributed by atoms with Crippen LogP contribution in [0.4, 0.5) is 0 Å². The standard InChI is InChI=1S/C34H31N3O5S/c1-6-42-33(39)29-30(21-12-8-7-9-13-21)35-34-37(31(29)22-16-17-26(40-4)27(18-22)41-5)32(38)28(43-34)19-24-20(2)36(3)25-15-11-10-14-23(24)25/h7-19,31H,6H2,1-5H3/b28-19+/t31-/m0/s1. The zero-order chi connectivity index (χ0) is 30.2. The lowest BCUT2D eigenvalue weighted by Gasteiger charge is -2.26. The molecule has 3 aromatic carbocycles. The van der Waals surface area contributed by atoms with Gasteiger partial charge < -0.3 is 18.8 Å². The van der Waals surface area contributed by atoms with E-state index in [-0.39, 0.29) is 17.7 Å². The van der Waals surface area contributed by atoms with E-state index in [1.165, 1.54) is 11.3 Å². The number of rotatable bonds is 7. The van der Waals surface area contributed by atoms with E-state index in [1.54, 1.807) is 37.8 Å². The Hall–Kier alpha value is -4.89. The maximum atomic E-state index is 14.3. The van der Waals surface area contributed by atoms with Crippen LogP contribution >= 0.6 is 11.3 Å². The predicted octanol–water partition coefficient (Wildman–Crippen LogP) is 4.75. The van der Waals surface area contributed by atoms with E-state index in [2.05, 4.69) is 16.7 Å². The Morgan fingerprint density at radius 1 is 1.00 bits per heavy atom.